The van der Waals surface area contributed by atoms with Crippen LogP contribution in [0.4, 0.5) is 5.69 Å². The first-order valence-electron chi connectivity index (χ1n) is 7.49. The Morgan fingerprint density at radius 1 is 1.35 bits per heavy atom. The van der Waals surface area contributed by atoms with Gasteiger partial charge in [-0.25, -0.2) is 0 Å². The lowest BCUT2D eigenvalue weighted by molar-refractivity contribution is 0.449. The molecule has 0 amide bonds. The van der Waals surface area contributed by atoms with Crippen molar-refractivity contribution in [2.75, 3.05) is 11.4 Å². The molecule has 0 aliphatic carbocycles. The molecule has 2 nitrogen and oxygen atoms in total. The minimum Gasteiger partial charge on any atom is -0.365 e. The molecule has 3 rings (SSSR count). The second-order valence-corrected chi connectivity index (χ2v) is 6.61. The molecule has 1 atom stereocenters. The molecule has 2 aromatic rings. The number of piperidine rings is 1. The van der Waals surface area contributed by atoms with E-state index in [4.69, 9.17) is 0 Å². The van der Waals surface area contributed by atoms with Crippen LogP contribution in [0, 0.1) is 6.92 Å². The number of aryl methyl sites for hydroxylation is 1. The summed E-state index contributed by atoms with van der Waals surface area (Å²) in [6.45, 7) is 5.30. The highest BCUT2D eigenvalue weighted by molar-refractivity contribution is 7.16. The minimum atomic E-state index is 0.211. The Kier molecular flexibility index (Phi) is 3.79. The first-order valence-corrected chi connectivity index (χ1v) is 8.37. The zero-order valence-electron chi connectivity index (χ0n) is 12.2. The van der Waals surface area contributed by atoms with Crippen LogP contribution in [0.1, 0.15) is 38.2 Å². The molecule has 106 valence electrons. The van der Waals surface area contributed by atoms with Gasteiger partial charge in [-0.1, -0.05) is 18.6 Å². The fourth-order valence-corrected chi connectivity index (χ4v) is 4.08. The zero-order chi connectivity index (χ0) is 14.1. The number of fused-ring (bicyclic) bond motifs is 1. The Morgan fingerprint density at radius 2 is 2.20 bits per heavy atom. The summed E-state index contributed by atoms with van der Waals surface area (Å²) in [4.78, 5) is 15.2. The van der Waals surface area contributed by atoms with Gasteiger partial charge in [0, 0.05) is 28.1 Å². The molecular formula is C17H21NOS. The van der Waals surface area contributed by atoms with Gasteiger partial charge in [-0.2, -0.15) is 0 Å². The normalized spacial score (nSPS) is 19.5. The van der Waals surface area contributed by atoms with Crippen molar-refractivity contribution in [1.82, 2.24) is 0 Å². The van der Waals surface area contributed by atoms with Crippen molar-refractivity contribution >= 4 is 27.1 Å². The van der Waals surface area contributed by atoms with E-state index in [2.05, 4.69) is 29.3 Å². The smallest absolute Gasteiger partial charge is 0.211 e. The fourth-order valence-electron chi connectivity index (χ4n) is 3.18. The summed E-state index contributed by atoms with van der Waals surface area (Å²) in [6.07, 6.45) is 4.83. The van der Waals surface area contributed by atoms with Crippen LogP contribution >= 0.6 is 11.3 Å². The third-order valence-electron chi connectivity index (χ3n) is 4.32. The van der Waals surface area contributed by atoms with E-state index in [-0.39, 0.29) is 5.43 Å². The van der Waals surface area contributed by atoms with E-state index < -0.39 is 0 Å². The van der Waals surface area contributed by atoms with Crippen LogP contribution in [-0.4, -0.2) is 12.6 Å². The third kappa shape index (κ3) is 2.35. The average Bonchev–Trinajstić information content (AvgIpc) is 2.48. The number of nitrogens with zero attached hydrogens (tertiary/aromatic N) is 1. The molecule has 20 heavy (non-hydrogen) atoms. The van der Waals surface area contributed by atoms with Gasteiger partial charge >= 0.3 is 0 Å². The zero-order valence-corrected chi connectivity index (χ0v) is 13.0. The van der Waals surface area contributed by atoms with Crippen molar-refractivity contribution in [3.8, 4) is 0 Å². The van der Waals surface area contributed by atoms with Crippen molar-refractivity contribution in [2.24, 2.45) is 0 Å². The molecule has 1 saturated heterocycles. The Morgan fingerprint density at radius 3 is 3.00 bits per heavy atom. The molecule has 0 bridgehead atoms. The maximum Gasteiger partial charge on any atom is 0.211 e. The molecule has 1 aromatic heterocycles. The fraction of sp³-hybridized carbons (Fsp3) is 0.471. The van der Waals surface area contributed by atoms with Crippen molar-refractivity contribution in [1.29, 1.82) is 0 Å². The lowest BCUT2D eigenvalue weighted by Gasteiger charge is -2.36. The van der Waals surface area contributed by atoms with E-state index in [9.17, 15) is 4.79 Å². The third-order valence-corrected chi connectivity index (χ3v) is 5.27. The van der Waals surface area contributed by atoms with E-state index in [1.54, 1.807) is 11.3 Å². The van der Waals surface area contributed by atoms with Gasteiger partial charge in [-0.3, -0.25) is 4.79 Å². The Balaban J connectivity index is 2.11. The second kappa shape index (κ2) is 5.57. The number of benzene rings is 1. The molecule has 2 heterocycles. The van der Waals surface area contributed by atoms with E-state index in [1.807, 2.05) is 13.0 Å². The highest BCUT2D eigenvalue weighted by atomic mass is 32.1. The van der Waals surface area contributed by atoms with Gasteiger partial charge in [0.2, 0.25) is 5.43 Å². The molecule has 0 radical (unpaired) electrons. The monoisotopic (exact) mass is 287 g/mol. The molecule has 0 unspecified atom stereocenters. The first kappa shape index (κ1) is 13.6. The van der Waals surface area contributed by atoms with Gasteiger partial charge < -0.3 is 4.90 Å². The summed E-state index contributed by atoms with van der Waals surface area (Å²) in [6, 6.07) is 6.70. The summed E-state index contributed by atoms with van der Waals surface area (Å²) >= 11 is 1.69. The molecule has 0 saturated carbocycles. The van der Waals surface area contributed by atoms with Crippen molar-refractivity contribution in [3.63, 3.8) is 0 Å². The van der Waals surface area contributed by atoms with Crippen LogP contribution < -0.4 is 10.3 Å². The quantitative estimate of drug-likeness (QED) is 0.819. The summed E-state index contributed by atoms with van der Waals surface area (Å²) in [5.41, 5.74) is 2.28. The van der Waals surface area contributed by atoms with Gasteiger partial charge in [0.1, 0.15) is 0 Å². The molecule has 0 N–H and O–H groups in total. The van der Waals surface area contributed by atoms with E-state index in [0.29, 0.717) is 6.04 Å². The Hall–Kier alpha value is -1.35. The summed E-state index contributed by atoms with van der Waals surface area (Å²) in [5.74, 6) is 0. The van der Waals surface area contributed by atoms with Crippen LogP contribution in [0.5, 0.6) is 0 Å². The number of anilines is 1. The topological polar surface area (TPSA) is 20.3 Å². The Bertz CT molecular complexity index is 676. The van der Waals surface area contributed by atoms with E-state index >= 15 is 0 Å². The van der Waals surface area contributed by atoms with Crippen LogP contribution in [-0.2, 0) is 0 Å². The molecular weight excluding hydrogens is 266 g/mol. The van der Waals surface area contributed by atoms with Gasteiger partial charge in [-0.05, 0) is 44.7 Å². The maximum absolute atomic E-state index is 12.8. The second-order valence-electron chi connectivity index (χ2n) is 5.70. The van der Waals surface area contributed by atoms with Crippen LogP contribution in [0.25, 0.3) is 10.1 Å². The minimum absolute atomic E-state index is 0.211. The predicted octanol–water partition coefficient (Wildman–Crippen LogP) is 4.34. The molecule has 1 aromatic carbocycles. The van der Waals surface area contributed by atoms with Gasteiger partial charge in [0.25, 0.3) is 0 Å². The SMILES string of the molecule is CC[C@@H]1CCCCN1c1csc2ccc(C)cc2c1=O. The summed E-state index contributed by atoms with van der Waals surface area (Å²) in [5, 5.41) is 2.95. The summed E-state index contributed by atoms with van der Waals surface area (Å²) < 4.78 is 1.09. The van der Waals surface area contributed by atoms with Crippen molar-refractivity contribution in [2.45, 2.75) is 45.6 Å². The lowest BCUT2D eigenvalue weighted by Crippen LogP contribution is -2.41. The van der Waals surface area contributed by atoms with Crippen LogP contribution in [0.3, 0.4) is 0 Å². The predicted molar refractivity (Wildman–Crippen MR) is 88.1 cm³/mol. The largest absolute Gasteiger partial charge is 0.365 e. The number of hydrogen-bond acceptors (Lipinski definition) is 3. The first-order chi connectivity index (χ1) is 9.70. The number of hydrogen-bond donors (Lipinski definition) is 0. The van der Waals surface area contributed by atoms with Gasteiger partial charge in [-0.15, -0.1) is 11.3 Å². The molecule has 1 aliphatic rings. The van der Waals surface area contributed by atoms with E-state index in [0.717, 1.165) is 34.3 Å². The van der Waals surface area contributed by atoms with Crippen LogP contribution in [0.2, 0.25) is 0 Å². The Labute approximate surface area is 124 Å². The van der Waals surface area contributed by atoms with Gasteiger partial charge in [0.15, 0.2) is 0 Å². The highest BCUT2D eigenvalue weighted by Gasteiger charge is 2.23. The molecule has 0 spiro atoms. The standard InChI is InChI=1S/C17H21NOS/c1-3-13-6-4-5-9-18(13)15-11-20-16-8-7-12(2)10-14(16)17(15)19/h7-8,10-11,13H,3-6,9H2,1-2H3/t13-/m1/s1. The van der Waals surface area contributed by atoms with Crippen molar-refractivity contribution in [3.05, 3.63) is 39.4 Å². The molecule has 3 heteroatoms. The molecule has 1 aliphatic heterocycles. The highest BCUT2D eigenvalue weighted by Crippen LogP contribution is 2.28. The van der Waals surface area contributed by atoms with Crippen molar-refractivity contribution < 1.29 is 0 Å². The average molecular weight is 287 g/mol. The van der Waals surface area contributed by atoms with E-state index in [1.165, 1.54) is 19.3 Å². The maximum atomic E-state index is 12.8. The van der Waals surface area contributed by atoms with Crippen LogP contribution in [0.15, 0.2) is 28.4 Å². The lowest BCUT2D eigenvalue weighted by atomic mass is 9.99. The molecule has 1 fully saturated rings. The number of rotatable bonds is 2. The summed E-state index contributed by atoms with van der Waals surface area (Å²) in [7, 11) is 0. The van der Waals surface area contributed by atoms with Gasteiger partial charge in [0.05, 0.1) is 5.69 Å².